The van der Waals surface area contributed by atoms with Crippen LogP contribution in [0.25, 0.3) is 0 Å². The fourth-order valence-electron chi connectivity index (χ4n) is 1.47. The van der Waals surface area contributed by atoms with Crippen LogP contribution in [-0.2, 0) is 14.8 Å². The fraction of sp³-hybridized carbons (Fsp3) is 0.545. The van der Waals surface area contributed by atoms with Crippen molar-refractivity contribution in [2.24, 2.45) is 5.92 Å². The molecule has 0 spiro atoms. The Bertz CT molecular complexity index is 534. The first kappa shape index (κ1) is 16.6. The van der Waals surface area contributed by atoms with E-state index < -0.39 is 16.0 Å². The Labute approximate surface area is 125 Å². The van der Waals surface area contributed by atoms with E-state index >= 15 is 0 Å². The lowest BCUT2D eigenvalue weighted by molar-refractivity contribution is -0.138. The molecule has 0 fully saturated rings. The van der Waals surface area contributed by atoms with Gasteiger partial charge in [-0.2, -0.15) is 0 Å². The van der Waals surface area contributed by atoms with Crippen molar-refractivity contribution in [3.05, 3.63) is 15.4 Å². The summed E-state index contributed by atoms with van der Waals surface area (Å²) < 4.78 is 27.6. The van der Waals surface area contributed by atoms with E-state index in [0.29, 0.717) is 6.42 Å². The molecule has 1 unspecified atom stereocenters. The molecule has 2 N–H and O–H groups in total. The number of carboxylic acids is 1. The number of thiophene rings is 1. The van der Waals surface area contributed by atoms with Gasteiger partial charge >= 0.3 is 5.97 Å². The summed E-state index contributed by atoms with van der Waals surface area (Å²) in [6.45, 7) is 3.80. The highest BCUT2D eigenvalue weighted by atomic mass is 79.9. The lowest BCUT2D eigenvalue weighted by atomic mass is 10.0. The maximum absolute atomic E-state index is 12.0. The molecule has 0 saturated heterocycles. The Morgan fingerprint density at radius 1 is 1.58 bits per heavy atom. The summed E-state index contributed by atoms with van der Waals surface area (Å²) in [5.74, 6) is -1.11. The second-order valence-corrected chi connectivity index (χ2v) is 8.61. The molecule has 108 valence electrons. The van der Waals surface area contributed by atoms with Crippen molar-refractivity contribution < 1.29 is 18.3 Å². The standard InChI is InChI=1S/C11H16BrNO4S2/c1-3-8(5-9(14)15)6-13-19(16,17)10-4-7(2)11(12)18-10/h4,8,13H,3,5-6H2,1-2H3,(H,14,15). The first-order valence-corrected chi connectivity index (χ1v) is 8.83. The second kappa shape index (κ2) is 6.83. The van der Waals surface area contributed by atoms with Gasteiger partial charge in [-0.1, -0.05) is 13.3 Å². The van der Waals surface area contributed by atoms with Gasteiger partial charge in [0.25, 0.3) is 0 Å². The zero-order chi connectivity index (χ0) is 14.6. The van der Waals surface area contributed by atoms with Crippen LogP contribution in [0.3, 0.4) is 0 Å². The van der Waals surface area contributed by atoms with Crippen LogP contribution in [0, 0.1) is 12.8 Å². The van der Waals surface area contributed by atoms with E-state index in [2.05, 4.69) is 20.7 Å². The van der Waals surface area contributed by atoms with E-state index in [1.807, 2.05) is 13.8 Å². The molecule has 0 aliphatic rings. The van der Waals surface area contributed by atoms with Gasteiger partial charge < -0.3 is 5.11 Å². The smallest absolute Gasteiger partial charge is 0.303 e. The van der Waals surface area contributed by atoms with Crippen LogP contribution >= 0.6 is 27.3 Å². The number of hydrogen-bond acceptors (Lipinski definition) is 4. The molecule has 1 heterocycles. The normalized spacial score (nSPS) is 13.4. The van der Waals surface area contributed by atoms with Crippen molar-refractivity contribution in [1.82, 2.24) is 4.72 Å². The van der Waals surface area contributed by atoms with Gasteiger partial charge in [-0.3, -0.25) is 4.79 Å². The highest BCUT2D eigenvalue weighted by Crippen LogP contribution is 2.30. The summed E-state index contributed by atoms with van der Waals surface area (Å²) in [5, 5.41) is 8.72. The van der Waals surface area contributed by atoms with Crippen LogP contribution in [-0.4, -0.2) is 26.0 Å². The first-order valence-electron chi connectivity index (χ1n) is 5.73. The molecule has 19 heavy (non-hydrogen) atoms. The van der Waals surface area contributed by atoms with Crippen LogP contribution in [0.2, 0.25) is 0 Å². The van der Waals surface area contributed by atoms with Gasteiger partial charge in [0.15, 0.2) is 0 Å². The average molecular weight is 370 g/mol. The molecule has 1 aromatic rings. The first-order chi connectivity index (χ1) is 8.76. The maximum atomic E-state index is 12.0. The Morgan fingerprint density at radius 3 is 2.63 bits per heavy atom. The van der Waals surface area contributed by atoms with E-state index in [0.717, 1.165) is 20.7 Å². The van der Waals surface area contributed by atoms with Crippen LogP contribution < -0.4 is 4.72 Å². The van der Waals surface area contributed by atoms with Crippen molar-refractivity contribution in [3.8, 4) is 0 Å². The molecule has 5 nitrogen and oxygen atoms in total. The number of nitrogens with one attached hydrogen (secondary N) is 1. The topological polar surface area (TPSA) is 83.5 Å². The number of carbonyl (C=O) groups is 1. The lowest BCUT2D eigenvalue weighted by Crippen LogP contribution is -2.29. The van der Waals surface area contributed by atoms with Gasteiger partial charge in [0, 0.05) is 13.0 Å². The molecular weight excluding hydrogens is 354 g/mol. The molecule has 8 heteroatoms. The number of rotatable bonds is 7. The largest absolute Gasteiger partial charge is 0.481 e. The highest BCUT2D eigenvalue weighted by Gasteiger charge is 2.20. The van der Waals surface area contributed by atoms with Gasteiger partial charge in [0.1, 0.15) is 4.21 Å². The van der Waals surface area contributed by atoms with E-state index in [-0.39, 0.29) is 23.1 Å². The molecular formula is C11H16BrNO4S2. The van der Waals surface area contributed by atoms with Gasteiger partial charge in [-0.15, -0.1) is 11.3 Å². The number of carboxylic acid groups (broad SMARTS) is 1. The van der Waals surface area contributed by atoms with Crippen molar-refractivity contribution in [2.45, 2.75) is 30.9 Å². The van der Waals surface area contributed by atoms with Crippen LogP contribution in [0.4, 0.5) is 0 Å². The fourth-order valence-corrected chi connectivity index (χ4v) is 4.86. The number of aliphatic carboxylic acids is 1. The van der Waals surface area contributed by atoms with E-state index in [9.17, 15) is 13.2 Å². The van der Waals surface area contributed by atoms with Crippen LogP contribution in [0.5, 0.6) is 0 Å². The van der Waals surface area contributed by atoms with Gasteiger partial charge in [0.05, 0.1) is 3.79 Å². The number of halogens is 1. The molecule has 0 saturated carbocycles. The third-order valence-corrected chi connectivity index (χ3v) is 6.74. The molecule has 1 rings (SSSR count). The number of aryl methyl sites for hydroxylation is 1. The van der Waals surface area contributed by atoms with Gasteiger partial charge in [0.2, 0.25) is 10.0 Å². The molecule has 1 atom stereocenters. The van der Waals surface area contributed by atoms with E-state index in [1.54, 1.807) is 6.07 Å². The molecule has 1 aromatic heterocycles. The summed E-state index contributed by atoms with van der Waals surface area (Å²) >= 11 is 4.43. The highest BCUT2D eigenvalue weighted by molar-refractivity contribution is 9.11. The number of hydrogen-bond donors (Lipinski definition) is 2. The molecule has 0 bridgehead atoms. The van der Waals surface area contributed by atoms with Crippen LogP contribution in [0.1, 0.15) is 25.3 Å². The summed E-state index contributed by atoms with van der Waals surface area (Å²) in [7, 11) is -3.56. The zero-order valence-electron chi connectivity index (χ0n) is 10.6. The Kier molecular flexibility index (Phi) is 5.97. The minimum Gasteiger partial charge on any atom is -0.481 e. The summed E-state index contributed by atoms with van der Waals surface area (Å²) in [5.41, 5.74) is 0.864. The molecule has 0 aliphatic heterocycles. The van der Waals surface area contributed by atoms with Crippen molar-refractivity contribution in [1.29, 1.82) is 0 Å². The maximum Gasteiger partial charge on any atom is 0.303 e. The molecule has 0 radical (unpaired) electrons. The zero-order valence-corrected chi connectivity index (χ0v) is 13.9. The SMILES string of the molecule is CCC(CNS(=O)(=O)c1cc(C)c(Br)s1)CC(=O)O. The van der Waals surface area contributed by atoms with Crippen molar-refractivity contribution in [2.75, 3.05) is 6.54 Å². The minimum absolute atomic E-state index is 0.0355. The third kappa shape index (κ3) is 4.87. The Morgan fingerprint density at radius 2 is 2.21 bits per heavy atom. The second-order valence-electron chi connectivity index (χ2n) is 4.25. The quantitative estimate of drug-likeness (QED) is 0.773. The van der Waals surface area contributed by atoms with Gasteiger partial charge in [-0.25, -0.2) is 13.1 Å². The molecule has 0 aromatic carbocycles. The van der Waals surface area contributed by atoms with Crippen molar-refractivity contribution in [3.63, 3.8) is 0 Å². The Balaban J connectivity index is 2.72. The minimum atomic E-state index is -3.56. The predicted molar refractivity (Wildman–Crippen MR) is 78.0 cm³/mol. The summed E-state index contributed by atoms with van der Waals surface area (Å²) in [6, 6.07) is 1.59. The van der Waals surface area contributed by atoms with Crippen LogP contribution in [0.15, 0.2) is 14.1 Å². The summed E-state index contributed by atoms with van der Waals surface area (Å²) in [6.07, 6.45) is 0.578. The Hall–Kier alpha value is -0.440. The van der Waals surface area contributed by atoms with Crippen molar-refractivity contribution >= 4 is 43.3 Å². The third-order valence-electron chi connectivity index (χ3n) is 2.70. The van der Waals surface area contributed by atoms with E-state index in [4.69, 9.17) is 5.11 Å². The molecule has 0 aliphatic carbocycles. The molecule has 0 amide bonds. The van der Waals surface area contributed by atoms with Gasteiger partial charge in [-0.05, 0) is 40.4 Å². The lowest BCUT2D eigenvalue weighted by Gasteiger charge is -2.12. The average Bonchev–Trinajstić information content (AvgIpc) is 2.65. The summed E-state index contributed by atoms with van der Waals surface area (Å²) in [4.78, 5) is 10.6. The predicted octanol–water partition coefficient (Wildman–Crippen LogP) is 2.60. The number of sulfonamides is 1. The van der Waals surface area contributed by atoms with E-state index in [1.165, 1.54) is 0 Å². The monoisotopic (exact) mass is 369 g/mol.